The van der Waals surface area contributed by atoms with Gasteiger partial charge in [0.25, 0.3) is 0 Å². The fraction of sp³-hybridized carbons (Fsp3) is 0.278. The molecule has 0 saturated heterocycles. The zero-order chi connectivity index (χ0) is 14.4. The lowest BCUT2D eigenvalue weighted by atomic mass is 9.96. The highest BCUT2D eigenvalue weighted by Gasteiger charge is 2.25. The summed E-state index contributed by atoms with van der Waals surface area (Å²) in [5, 5.41) is 4.96. The van der Waals surface area contributed by atoms with Crippen LogP contribution in [-0.4, -0.2) is 16.5 Å². The van der Waals surface area contributed by atoms with Gasteiger partial charge in [0.2, 0.25) is 0 Å². The molecule has 1 atom stereocenters. The average molecular weight is 277 g/mol. The Labute approximate surface area is 124 Å². The van der Waals surface area contributed by atoms with Crippen LogP contribution in [0, 0.1) is 13.8 Å². The van der Waals surface area contributed by atoms with Crippen molar-refractivity contribution in [3.63, 3.8) is 0 Å². The number of fused-ring (bicyclic) bond motifs is 3. The van der Waals surface area contributed by atoms with Crippen LogP contribution >= 0.6 is 0 Å². The molecule has 0 radical (unpaired) electrons. The maximum atomic E-state index is 4.61. The minimum Gasteiger partial charge on any atom is -0.357 e. The topological polar surface area (TPSA) is 40.7 Å². The van der Waals surface area contributed by atoms with Gasteiger partial charge in [-0.3, -0.25) is 4.98 Å². The fourth-order valence-corrected chi connectivity index (χ4v) is 3.24. The number of aryl methyl sites for hydroxylation is 2. The van der Waals surface area contributed by atoms with Crippen molar-refractivity contribution in [1.82, 2.24) is 15.3 Å². The van der Waals surface area contributed by atoms with Gasteiger partial charge in [-0.25, -0.2) is 0 Å². The quantitative estimate of drug-likeness (QED) is 0.715. The maximum absolute atomic E-state index is 4.61. The lowest BCUT2D eigenvalue weighted by Gasteiger charge is -2.24. The standard InChI is InChI=1S/C18H19N3/c1-11-3-5-15-14(9-11)13-7-8-19-18(17(13)21-15)16-6-4-12(2)10-20-16/h3-6,9-10,18-19,21H,7-8H2,1-2H3. The van der Waals surface area contributed by atoms with Gasteiger partial charge in [0.05, 0.1) is 11.7 Å². The molecule has 106 valence electrons. The van der Waals surface area contributed by atoms with Crippen molar-refractivity contribution in [2.45, 2.75) is 26.3 Å². The van der Waals surface area contributed by atoms with Crippen LogP contribution in [-0.2, 0) is 6.42 Å². The van der Waals surface area contributed by atoms with Gasteiger partial charge >= 0.3 is 0 Å². The van der Waals surface area contributed by atoms with Crippen molar-refractivity contribution < 1.29 is 0 Å². The summed E-state index contributed by atoms with van der Waals surface area (Å²) in [6, 6.07) is 11.1. The van der Waals surface area contributed by atoms with E-state index in [9.17, 15) is 0 Å². The number of aromatic nitrogens is 2. The van der Waals surface area contributed by atoms with Gasteiger partial charge in [-0.2, -0.15) is 0 Å². The number of hydrogen-bond donors (Lipinski definition) is 2. The third-order valence-electron chi connectivity index (χ3n) is 4.34. The zero-order valence-corrected chi connectivity index (χ0v) is 12.4. The van der Waals surface area contributed by atoms with Crippen LogP contribution in [0.3, 0.4) is 0 Å². The maximum Gasteiger partial charge on any atom is 0.0906 e. The van der Waals surface area contributed by atoms with E-state index in [2.05, 4.69) is 59.5 Å². The molecule has 21 heavy (non-hydrogen) atoms. The summed E-state index contributed by atoms with van der Waals surface area (Å²) >= 11 is 0. The summed E-state index contributed by atoms with van der Waals surface area (Å²) in [6.45, 7) is 5.22. The van der Waals surface area contributed by atoms with Crippen LogP contribution in [0.4, 0.5) is 0 Å². The first-order valence-corrected chi connectivity index (χ1v) is 7.49. The lowest BCUT2D eigenvalue weighted by Crippen LogP contribution is -2.31. The number of H-pyrrole nitrogens is 1. The molecule has 0 amide bonds. The normalized spacial score (nSPS) is 17.9. The largest absolute Gasteiger partial charge is 0.357 e. The minimum absolute atomic E-state index is 0.169. The Morgan fingerprint density at radius 3 is 2.76 bits per heavy atom. The molecule has 3 heteroatoms. The Hall–Kier alpha value is -2.13. The molecule has 1 aliphatic rings. The average Bonchev–Trinajstić information content (AvgIpc) is 2.86. The second-order valence-corrected chi connectivity index (χ2v) is 5.96. The van der Waals surface area contributed by atoms with Gasteiger partial charge in [0.1, 0.15) is 0 Å². The highest BCUT2D eigenvalue weighted by molar-refractivity contribution is 5.86. The van der Waals surface area contributed by atoms with Crippen LogP contribution < -0.4 is 5.32 Å². The van der Waals surface area contributed by atoms with Gasteiger partial charge < -0.3 is 10.3 Å². The molecule has 3 heterocycles. The van der Waals surface area contributed by atoms with Crippen molar-refractivity contribution in [2.24, 2.45) is 0 Å². The van der Waals surface area contributed by atoms with Crippen LogP contribution in [0.2, 0.25) is 0 Å². The van der Waals surface area contributed by atoms with Crippen molar-refractivity contribution in [1.29, 1.82) is 0 Å². The first kappa shape index (κ1) is 12.6. The van der Waals surface area contributed by atoms with Crippen LogP contribution in [0.15, 0.2) is 36.5 Å². The summed E-state index contributed by atoms with van der Waals surface area (Å²) in [7, 11) is 0. The molecule has 3 nitrogen and oxygen atoms in total. The molecule has 1 aromatic carbocycles. The Balaban J connectivity index is 1.88. The Morgan fingerprint density at radius 2 is 1.95 bits per heavy atom. The highest BCUT2D eigenvalue weighted by Crippen LogP contribution is 2.33. The van der Waals surface area contributed by atoms with Crippen LogP contribution in [0.1, 0.15) is 34.1 Å². The second-order valence-electron chi connectivity index (χ2n) is 5.96. The first-order valence-electron chi connectivity index (χ1n) is 7.49. The van der Waals surface area contributed by atoms with E-state index in [1.54, 1.807) is 0 Å². The van der Waals surface area contributed by atoms with Crippen LogP contribution in [0.25, 0.3) is 10.9 Å². The van der Waals surface area contributed by atoms with Gasteiger partial charge in [0, 0.05) is 29.3 Å². The molecule has 0 aliphatic carbocycles. The molecule has 1 aliphatic heterocycles. The number of aromatic amines is 1. The predicted molar refractivity (Wildman–Crippen MR) is 85.6 cm³/mol. The molecule has 2 N–H and O–H groups in total. The molecule has 0 spiro atoms. The van der Waals surface area contributed by atoms with E-state index in [1.165, 1.54) is 33.3 Å². The number of benzene rings is 1. The fourth-order valence-electron chi connectivity index (χ4n) is 3.24. The number of rotatable bonds is 1. The molecule has 2 aromatic heterocycles. The zero-order valence-electron chi connectivity index (χ0n) is 12.4. The van der Waals surface area contributed by atoms with Crippen molar-refractivity contribution in [3.05, 3.63) is 64.6 Å². The van der Waals surface area contributed by atoms with Gasteiger partial charge in [-0.1, -0.05) is 17.7 Å². The molecule has 4 rings (SSSR count). The second kappa shape index (κ2) is 4.71. The van der Waals surface area contributed by atoms with Crippen molar-refractivity contribution in [2.75, 3.05) is 6.54 Å². The SMILES string of the molecule is Cc1ccc(C2NCCc3c2[nH]c2ccc(C)cc32)nc1. The monoisotopic (exact) mass is 277 g/mol. The van der Waals surface area contributed by atoms with E-state index >= 15 is 0 Å². The van der Waals surface area contributed by atoms with Gasteiger partial charge in [-0.15, -0.1) is 0 Å². The summed E-state index contributed by atoms with van der Waals surface area (Å²) in [5.74, 6) is 0. The Bertz CT molecular complexity index is 799. The molecule has 0 fully saturated rings. The summed E-state index contributed by atoms with van der Waals surface area (Å²) in [5.41, 5.74) is 7.55. The van der Waals surface area contributed by atoms with Gasteiger partial charge in [0.15, 0.2) is 0 Å². The smallest absolute Gasteiger partial charge is 0.0906 e. The number of nitrogens with one attached hydrogen (secondary N) is 2. The molecular formula is C18H19N3. The van der Waals surface area contributed by atoms with Crippen LogP contribution in [0.5, 0.6) is 0 Å². The summed E-state index contributed by atoms with van der Waals surface area (Å²) in [4.78, 5) is 8.21. The van der Waals surface area contributed by atoms with Gasteiger partial charge in [-0.05, 0) is 49.6 Å². The minimum atomic E-state index is 0.169. The van der Waals surface area contributed by atoms with E-state index in [0.717, 1.165) is 18.7 Å². The van der Waals surface area contributed by atoms with E-state index in [4.69, 9.17) is 0 Å². The van der Waals surface area contributed by atoms with Crippen molar-refractivity contribution >= 4 is 10.9 Å². The van der Waals surface area contributed by atoms with Crippen molar-refractivity contribution in [3.8, 4) is 0 Å². The Kier molecular flexibility index (Phi) is 2.82. The third kappa shape index (κ3) is 2.05. The summed E-state index contributed by atoms with van der Waals surface area (Å²) < 4.78 is 0. The Morgan fingerprint density at radius 1 is 1.10 bits per heavy atom. The molecule has 0 saturated carbocycles. The van der Waals surface area contributed by atoms with E-state index in [0.29, 0.717) is 0 Å². The first-order chi connectivity index (χ1) is 10.2. The molecular weight excluding hydrogens is 258 g/mol. The molecule has 0 bridgehead atoms. The van der Waals surface area contributed by atoms with E-state index in [-0.39, 0.29) is 6.04 Å². The number of hydrogen-bond acceptors (Lipinski definition) is 2. The summed E-state index contributed by atoms with van der Waals surface area (Å²) in [6.07, 6.45) is 3.01. The van der Waals surface area contributed by atoms with E-state index in [1.807, 2.05) is 6.20 Å². The third-order valence-corrected chi connectivity index (χ3v) is 4.34. The molecule has 1 unspecified atom stereocenters. The lowest BCUT2D eigenvalue weighted by molar-refractivity contribution is 0.549. The number of pyridine rings is 1. The predicted octanol–water partition coefficient (Wildman–Crippen LogP) is 3.41. The van der Waals surface area contributed by atoms with E-state index < -0.39 is 0 Å². The highest BCUT2D eigenvalue weighted by atomic mass is 15.0. The number of nitrogens with zero attached hydrogens (tertiary/aromatic N) is 1. The molecule has 3 aromatic rings.